The van der Waals surface area contributed by atoms with Gasteiger partial charge in [-0.05, 0) is 31.0 Å². The summed E-state index contributed by atoms with van der Waals surface area (Å²) in [5, 5.41) is 2.99. The maximum atomic E-state index is 12.4. The molecule has 0 aliphatic rings. The minimum Gasteiger partial charge on any atom is -0.378 e. The first-order chi connectivity index (χ1) is 8.99. The van der Waals surface area contributed by atoms with Gasteiger partial charge in [0, 0.05) is 32.0 Å². The van der Waals surface area contributed by atoms with E-state index in [1.165, 1.54) is 0 Å². The lowest BCUT2D eigenvalue weighted by atomic mass is 9.81. The third-order valence-corrected chi connectivity index (χ3v) is 3.85. The lowest BCUT2D eigenvalue weighted by Crippen LogP contribution is -2.41. The predicted molar refractivity (Wildman–Crippen MR) is 81.5 cm³/mol. The highest BCUT2D eigenvalue weighted by Crippen LogP contribution is 2.27. The van der Waals surface area contributed by atoms with E-state index in [1.807, 2.05) is 57.1 Å². The molecule has 0 heterocycles. The molecule has 0 aliphatic carbocycles. The van der Waals surface area contributed by atoms with Gasteiger partial charge in [0.25, 0.3) is 0 Å². The van der Waals surface area contributed by atoms with Crippen LogP contribution < -0.4 is 16.0 Å². The second-order valence-electron chi connectivity index (χ2n) is 5.09. The van der Waals surface area contributed by atoms with Gasteiger partial charge in [0.2, 0.25) is 5.91 Å². The normalized spacial score (nSPS) is 11.2. The van der Waals surface area contributed by atoms with Gasteiger partial charge >= 0.3 is 0 Å². The summed E-state index contributed by atoms with van der Waals surface area (Å²) in [7, 11) is 3.95. The van der Waals surface area contributed by atoms with E-state index in [0.29, 0.717) is 6.54 Å². The smallest absolute Gasteiger partial charge is 0.231 e. The van der Waals surface area contributed by atoms with Crippen LogP contribution in [0.3, 0.4) is 0 Å². The summed E-state index contributed by atoms with van der Waals surface area (Å²) in [6, 6.07) is 7.81. The largest absolute Gasteiger partial charge is 0.378 e. The Balaban J connectivity index is 2.90. The molecule has 0 spiro atoms. The lowest BCUT2D eigenvalue weighted by molar-refractivity contribution is -0.125. The number of anilines is 2. The van der Waals surface area contributed by atoms with Crippen molar-refractivity contribution >= 4 is 17.3 Å². The second-order valence-corrected chi connectivity index (χ2v) is 5.09. The molecule has 0 bridgehead atoms. The molecule has 0 aromatic heterocycles. The van der Waals surface area contributed by atoms with Crippen LogP contribution >= 0.6 is 0 Å². The number of nitrogens with zero attached hydrogens (tertiary/aromatic N) is 1. The van der Waals surface area contributed by atoms with Crippen LogP contribution in [0.25, 0.3) is 0 Å². The van der Waals surface area contributed by atoms with Crippen molar-refractivity contribution in [1.29, 1.82) is 0 Å². The van der Waals surface area contributed by atoms with E-state index in [4.69, 9.17) is 5.73 Å². The van der Waals surface area contributed by atoms with Crippen LogP contribution in [0.2, 0.25) is 0 Å². The van der Waals surface area contributed by atoms with E-state index in [2.05, 4.69) is 5.32 Å². The average Bonchev–Trinajstić information content (AvgIpc) is 2.41. The van der Waals surface area contributed by atoms with Crippen molar-refractivity contribution in [2.45, 2.75) is 26.7 Å². The molecule has 1 aromatic rings. The lowest BCUT2D eigenvalue weighted by Gasteiger charge is -2.28. The zero-order valence-corrected chi connectivity index (χ0v) is 12.4. The highest BCUT2D eigenvalue weighted by Gasteiger charge is 2.33. The molecule has 1 amide bonds. The Labute approximate surface area is 116 Å². The Morgan fingerprint density at radius 1 is 1.32 bits per heavy atom. The quantitative estimate of drug-likeness (QED) is 0.829. The summed E-state index contributed by atoms with van der Waals surface area (Å²) in [6.07, 6.45) is 1.50. The van der Waals surface area contributed by atoms with E-state index in [9.17, 15) is 4.79 Å². The molecule has 0 saturated heterocycles. The van der Waals surface area contributed by atoms with Crippen molar-refractivity contribution < 1.29 is 4.79 Å². The zero-order chi connectivity index (χ0) is 14.5. The summed E-state index contributed by atoms with van der Waals surface area (Å²) in [5.74, 6) is 0.0101. The fourth-order valence-electron chi connectivity index (χ4n) is 2.08. The maximum Gasteiger partial charge on any atom is 0.231 e. The van der Waals surface area contributed by atoms with Crippen molar-refractivity contribution in [2.24, 2.45) is 11.1 Å². The van der Waals surface area contributed by atoms with E-state index < -0.39 is 5.41 Å². The molecule has 19 heavy (non-hydrogen) atoms. The number of nitrogens with two attached hydrogens (primary N) is 1. The fourth-order valence-corrected chi connectivity index (χ4v) is 2.08. The van der Waals surface area contributed by atoms with Crippen LogP contribution in [0, 0.1) is 5.41 Å². The van der Waals surface area contributed by atoms with Gasteiger partial charge in [0.05, 0.1) is 5.41 Å². The van der Waals surface area contributed by atoms with E-state index in [0.717, 1.165) is 24.2 Å². The minimum atomic E-state index is -0.464. The fraction of sp³-hybridized carbons (Fsp3) is 0.533. The first-order valence-corrected chi connectivity index (χ1v) is 6.78. The SMILES string of the molecule is CCC(CC)(CN)C(=O)Nc1cccc(N(C)C)c1. The summed E-state index contributed by atoms with van der Waals surface area (Å²) >= 11 is 0. The second kappa shape index (κ2) is 6.57. The molecule has 0 aliphatic heterocycles. The van der Waals surface area contributed by atoms with Crippen molar-refractivity contribution in [3.63, 3.8) is 0 Å². The molecule has 1 rings (SSSR count). The van der Waals surface area contributed by atoms with Gasteiger partial charge < -0.3 is 16.0 Å². The van der Waals surface area contributed by atoms with E-state index in [1.54, 1.807) is 0 Å². The molecule has 106 valence electrons. The maximum absolute atomic E-state index is 12.4. The van der Waals surface area contributed by atoms with Crippen LogP contribution in [0.5, 0.6) is 0 Å². The van der Waals surface area contributed by atoms with Crippen molar-refractivity contribution in [2.75, 3.05) is 30.9 Å². The standard InChI is InChI=1S/C15H25N3O/c1-5-15(6-2,11-16)14(19)17-12-8-7-9-13(10-12)18(3)4/h7-10H,5-6,11,16H2,1-4H3,(H,17,19). The summed E-state index contributed by atoms with van der Waals surface area (Å²) in [6.45, 7) is 4.39. The molecule has 3 N–H and O–H groups in total. The number of hydrogen-bond donors (Lipinski definition) is 2. The molecular formula is C15H25N3O. The predicted octanol–water partition coefficient (Wildman–Crippen LogP) is 2.46. The monoisotopic (exact) mass is 263 g/mol. The molecule has 4 heteroatoms. The highest BCUT2D eigenvalue weighted by atomic mass is 16.2. The summed E-state index contributed by atoms with van der Waals surface area (Å²) in [4.78, 5) is 14.4. The Kier molecular flexibility index (Phi) is 5.36. The van der Waals surface area contributed by atoms with Crippen LogP contribution in [-0.2, 0) is 4.79 Å². The first kappa shape index (κ1) is 15.5. The highest BCUT2D eigenvalue weighted by molar-refractivity contribution is 5.95. The Hall–Kier alpha value is -1.55. The van der Waals surface area contributed by atoms with Gasteiger partial charge in [0.1, 0.15) is 0 Å². The van der Waals surface area contributed by atoms with Gasteiger partial charge in [-0.3, -0.25) is 4.79 Å². The van der Waals surface area contributed by atoms with Crippen LogP contribution in [0.15, 0.2) is 24.3 Å². The number of carbonyl (C=O) groups excluding carboxylic acids is 1. The molecule has 0 atom stereocenters. The number of amides is 1. The minimum absolute atomic E-state index is 0.0101. The Morgan fingerprint density at radius 3 is 2.42 bits per heavy atom. The van der Waals surface area contributed by atoms with E-state index >= 15 is 0 Å². The zero-order valence-electron chi connectivity index (χ0n) is 12.4. The van der Waals surface area contributed by atoms with Crippen molar-refractivity contribution in [1.82, 2.24) is 0 Å². The van der Waals surface area contributed by atoms with E-state index in [-0.39, 0.29) is 5.91 Å². The van der Waals surface area contributed by atoms with Gasteiger partial charge in [-0.15, -0.1) is 0 Å². The van der Waals surface area contributed by atoms with Gasteiger partial charge in [-0.1, -0.05) is 19.9 Å². The first-order valence-electron chi connectivity index (χ1n) is 6.78. The van der Waals surface area contributed by atoms with Gasteiger partial charge in [-0.2, -0.15) is 0 Å². The molecule has 0 unspecified atom stereocenters. The molecular weight excluding hydrogens is 238 g/mol. The molecule has 0 radical (unpaired) electrons. The number of rotatable bonds is 6. The van der Waals surface area contributed by atoms with Crippen LogP contribution in [-0.4, -0.2) is 26.5 Å². The molecule has 0 fully saturated rings. The topological polar surface area (TPSA) is 58.4 Å². The van der Waals surface area contributed by atoms with Crippen molar-refractivity contribution in [3.05, 3.63) is 24.3 Å². The molecule has 1 aromatic carbocycles. The van der Waals surface area contributed by atoms with Crippen LogP contribution in [0.4, 0.5) is 11.4 Å². The Bertz CT molecular complexity index is 417. The number of benzene rings is 1. The summed E-state index contributed by atoms with van der Waals surface area (Å²) in [5.41, 5.74) is 7.20. The third kappa shape index (κ3) is 3.47. The summed E-state index contributed by atoms with van der Waals surface area (Å²) < 4.78 is 0. The molecule has 0 saturated carbocycles. The Morgan fingerprint density at radius 2 is 1.95 bits per heavy atom. The number of nitrogens with one attached hydrogen (secondary N) is 1. The number of hydrogen-bond acceptors (Lipinski definition) is 3. The third-order valence-electron chi connectivity index (χ3n) is 3.85. The number of carbonyl (C=O) groups is 1. The van der Waals surface area contributed by atoms with Gasteiger partial charge in [0.15, 0.2) is 0 Å². The molecule has 4 nitrogen and oxygen atoms in total. The average molecular weight is 263 g/mol. The van der Waals surface area contributed by atoms with Crippen molar-refractivity contribution in [3.8, 4) is 0 Å². The van der Waals surface area contributed by atoms with Crippen LogP contribution in [0.1, 0.15) is 26.7 Å². The van der Waals surface area contributed by atoms with Gasteiger partial charge in [-0.25, -0.2) is 0 Å².